The van der Waals surface area contributed by atoms with Crippen LogP contribution in [0.5, 0.6) is 0 Å². The molecule has 1 saturated carbocycles. The summed E-state index contributed by atoms with van der Waals surface area (Å²) in [6.07, 6.45) is -1.63. The molecular formula is C24H24ClF3N2O4. The lowest BCUT2D eigenvalue weighted by molar-refractivity contribution is -0.154. The van der Waals surface area contributed by atoms with Gasteiger partial charge in [0.15, 0.2) is 0 Å². The van der Waals surface area contributed by atoms with Crippen LogP contribution < -0.4 is 10.6 Å². The standard InChI is InChI=1S/C24H24ClF3N2O4/c25-19-12-11-17(13-18(19)24(26,27)28)30-23(33)21(15-7-3-1-4-8-15)34-20(31)14-29-22(32)16-9-5-2-6-10-16/h1,3-4,7-8,11-13,16,21H,2,5-6,9-10,14H2,(H,29,32)(H,30,33)/t21-/m1/s1. The van der Waals surface area contributed by atoms with Crippen LogP contribution in [0.2, 0.25) is 5.02 Å². The summed E-state index contributed by atoms with van der Waals surface area (Å²) in [6, 6.07) is 11.0. The minimum atomic E-state index is -4.71. The molecule has 34 heavy (non-hydrogen) atoms. The van der Waals surface area contributed by atoms with Crippen LogP contribution in [0.4, 0.5) is 18.9 Å². The van der Waals surface area contributed by atoms with Crippen molar-refractivity contribution >= 4 is 35.1 Å². The molecule has 0 spiro atoms. The van der Waals surface area contributed by atoms with Crippen LogP contribution in [0.1, 0.15) is 49.3 Å². The van der Waals surface area contributed by atoms with Gasteiger partial charge in [0.05, 0.1) is 10.6 Å². The third-order valence-corrected chi connectivity index (χ3v) is 5.84. The number of hydrogen-bond donors (Lipinski definition) is 2. The van der Waals surface area contributed by atoms with Crippen molar-refractivity contribution in [3.8, 4) is 0 Å². The molecule has 6 nitrogen and oxygen atoms in total. The molecule has 10 heteroatoms. The number of ether oxygens (including phenoxy) is 1. The number of rotatable bonds is 7. The van der Waals surface area contributed by atoms with Crippen molar-refractivity contribution in [2.24, 2.45) is 5.92 Å². The lowest BCUT2D eigenvalue weighted by Gasteiger charge is -2.21. The molecule has 1 atom stereocenters. The van der Waals surface area contributed by atoms with E-state index in [0.717, 1.165) is 38.2 Å². The molecule has 0 unspecified atom stereocenters. The van der Waals surface area contributed by atoms with Gasteiger partial charge in [0.2, 0.25) is 12.0 Å². The molecule has 2 amide bonds. The van der Waals surface area contributed by atoms with E-state index in [1.54, 1.807) is 30.3 Å². The maximum Gasteiger partial charge on any atom is 0.417 e. The van der Waals surface area contributed by atoms with Crippen LogP contribution in [0.15, 0.2) is 48.5 Å². The first kappa shape index (κ1) is 25.6. The molecule has 0 bridgehead atoms. The van der Waals surface area contributed by atoms with E-state index in [1.807, 2.05) is 0 Å². The van der Waals surface area contributed by atoms with Crippen molar-refractivity contribution in [1.82, 2.24) is 5.32 Å². The largest absolute Gasteiger partial charge is 0.446 e. The van der Waals surface area contributed by atoms with Gasteiger partial charge < -0.3 is 15.4 Å². The van der Waals surface area contributed by atoms with E-state index in [2.05, 4.69) is 10.6 Å². The first-order chi connectivity index (χ1) is 16.1. The highest BCUT2D eigenvalue weighted by atomic mass is 35.5. The predicted molar refractivity (Wildman–Crippen MR) is 120 cm³/mol. The van der Waals surface area contributed by atoms with Gasteiger partial charge in [0.1, 0.15) is 6.54 Å². The van der Waals surface area contributed by atoms with E-state index in [0.29, 0.717) is 11.6 Å². The van der Waals surface area contributed by atoms with Gasteiger partial charge in [0.25, 0.3) is 5.91 Å². The number of halogens is 4. The van der Waals surface area contributed by atoms with Gasteiger partial charge in [-0.3, -0.25) is 14.4 Å². The van der Waals surface area contributed by atoms with Crippen LogP contribution in [0, 0.1) is 5.92 Å². The first-order valence-electron chi connectivity index (χ1n) is 10.8. The third kappa shape index (κ3) is 6.96. The monoisotopic (exact) mass is 496 g/mol. The number of nitrogens with one attached hydrogen (secondary N) is 2. The minimum Gasteiger partial charge on any atom is -0.446 e. The first-order valence-corrected chi connectivity index (χ1v) is 11.2. The minimum absolute atomic E-state index is 0.150. The number of carbonyl (C=O) groups is 3. The molecule has 1 aliphatic rings. The van der Waals surface area contributed by atoms with Crippen molar-refractivity contribution in [3.05, 3.63) is 64.7 Å². The second-order valence-electron chi connectivity index (χ2n) is 8.01. The van der Waals surface area contributed by atoms with E-state index in [9.17, 15) is 27.6 Å². The molecule has 2 N–H and O–H groups in total. The SMILES string of the molecule is O=C(CNC(=O)C1CCCCC1)O[C@@H](C(=O)Nc1ccc(Cl)c(C(F)(F)F)c1)c1ccccc1. The van der Waals surface area contributed by atoms with Crippen molar-refractivity contribution in [2.75, 3.05) is 11.9 Å². The second-order valence-corrected chi connectivity index (χ2v) is 8.42. The normalized spacial score (nSPS) is 15.3. The molecule has 1 aliphatic carbocycles. The Morgan fingerprint density at radius 3 is 2.35 bits per heavy atom. The number of hydrogen-bond acceptors (Lipinski definition) is 4. The Morgan fingerprint density at radius 2 is 1.71 bits per heavy atom. The molecule has 0 aliphatic heterocycles. The topological polar surface area (TPSA) is 84.5 Å². The van der Waals surface area contributed by atoms with Crippen molar-refractivity contribution < 1.29 is 32.3 Å². The maximum atomic E-state index is 13.1. The van der Waals surface area contributed by atoms with Crippen LogP contribution in [0.25, 0.3) is 0 Å². The number of alkyl halides is 3. The molecule has 0 saturated heterocycles. The lowest BCUT2D eigenvalue weighted by atomic mass is 9.89. The van der Waals surface area contributed by atoms with E-state index < -0.39 is 41.3 Å². The van der Waals surface area contributed by atoms with Gasteiger partial charge in [-0.05, 0) is 31.0 Å². The number of amides is 2. The average Bonchev–Trinajstić information content (AvgIpc) is 2.82. The Morgan fingerprint density at radius 1 is 1.03 bits per heavy atom. The summed E-state index contributed by atoms with van der Waals surface area (Å²) in [6.45, 7) is -0.425. The van der Waals surface area contributed by atoms with Gasteiger partial charge in [-0.15, -0.1) is 0 Å². The van der Waals surface area contributed by atoms with E-state index in [4.69, 9.17) is 16.3 Å². The van der Waals surface area contributed by atoms with Gasteiger partial charge in [0, 0.05) is 17.2 Å². The molecule has 182 valence electrons. The van der Waals surface area contributed by atoms with E-state index >= 15 is 0 Å². The zero-order valence-electron chi connectivity index (χ0n) is 18.2. The fourth-order valence-electron chi connectivity index (χ4n) is 3.77. The summed E-state index contributed by atoms with van der Waals surface area (Å²) in [5.41, 5.74) is -0.952. The highest BCUT2D eigenvalue weighted by Crippen LogP contribution is 2.36. The molecule has 3 rings (SSSR count). The molecule has 2 aromatic rings. The highest BCUT2D eigenvalue weighted by Gasteiger charge is 2.34. The summed E-state index contributed by atoms with van der Waals surface area (Å²) in [5, 5.41) is 4.37. The number of benzene rings is 2. The van der Waals surface area contributed by atoms with E-state index in [1.165, 1.54) is 6.07 Å². The van der Waals surface area contributed by atoms with Gasteiger partial charge >= 0.3 is 12.1 Å². The highest BCUT2D eigenvalue weighted by molar-refractivity contribution is 6.31. The van der Waals surface area contributed by atoms with Crippen LogP contribution in [-0.4, -0.2) is 24.3 Å². The Bertz CT molecular complexity index is 1020. The van der Waals surface area contributed by atoms with Crippen LogP contribution >= 0.6 is 11.6 Å². The molecule has 0 heterocycles. The Hall–Kier alpha value is -3.07. The third-order valence-electron chi connectivity index (χ3n) is 5.51. The van der Waals surface area contributed by atoms with Crippen LogP contribution in [0.3, 0.4) is 0 Å². The molecule has 0 radical (unpaired) electrons. The zero-order valence-corrected chi connectivity index (χ0v) is 18.9. The Balaban J connectivity index is 1.69. The summed E-state index contributed by atoms with van der Waals surface area (Å²) >= 11 is 5.62. The predicted octanol–water partition coefficient (Wildman–Crippen LogP) is 5.28. The summed E-state index contributed by atoms with van der Waals surface area (Å²) in [4.78, 5) is 37.6. The fourth-order valence-corrected chi connectivity index (χ4v) is 4.00. The number of carbonyl (C=O) groups excluding carboxylic acids is 3. The lowest BCUT2D eigenvalue weighted by Crippen LogP contribution is -2.37. The smallest absolute Gasteiger partial charge is 0.417 e. The van der Waals surface area contributed by atoms with Gasteiger partial charge in [-0.1, -0.05) is 61.2 Å². The number of anilines is 1. The summed E-state index contributed by atoms with van der Waals surface area (Å²) < 4.78 is 44.8. The average molecular weight is 497 g/mol. The van der Waals surface area contributed by atoms with Crippen molar-refractivity contribution in [2.45, 2.75) is 44.4 Å². The quantitative estimate of drug-likeness (QED) is 0.511. The van der Waals surface area contributed by atoms with Crippen molar-refractivity contribution in [1.29, 1.82) is 0 Å². The summed E-state index contributed by atoms with van der Waals surface area (Å²) in [7, 11) is 0. The number of esters is 1. The second kappa shape index (κ2) is 11.4. The molecule has 1 fully saturated rings. The Labute approximate surface area is 199 Å². The maximum absolute atomic E-state index is 13.1. The summed E-state index contributed by atoms with van der Waals surface area (Å²) in [5.74, 6) is -2.09. The van der Waals surface area contributed by atoms with E-state index in [-0.39, 0.29) is 17.5 Å². The zero-order chi connectivity index (χ0) is 24.7. The Kier molecular flexibility index (Phi) is 8.55. The van der Waals surface area contributed by atoms with Gasteiger partial charge in [-0.25, -0.2) is 0 Å². The van der Waals surface area contributed by atoms with Crippen molar-refractivity contribution in [3.63, 3.8) is 0 Å². The molecule has 2 aromatic carbocycles. The van der Waals surface area contributed by atoms with Gasteiger partial charge in [-0.2, -0.15) is 13.2 Å². The fraction of sp³-hybridized carbons (Fsp3) is 0.375. The molecule has 0 aromatic heterocycles. The molecular weight excluding hydrogens is 473 g/mol. The van der Waals surface area contributed by atoms with Crippen LogP contribution in [-0.2, 0) is 25.3 Å².